The minimum absolute atomic E-state index is 0. The number of carboxylic acids is 1. The van der Waals surface area contributed by atoms with Crippen LogP contribution in [0, 0.1) is 0 Å². The summed E-state index contributed by atoms with van der Waals surface area (Å²) in [6.07, 6.45) is 1.53. The van der Waals surface area contributed by atoms with E-state index >= 15 is 0 Å². The Hall–Kier alpha value is 0.0664. The molecule has 0 radical (unpaired) electrons. The molecule has 1 aromatic rings. The summed E-state index contributed by atoms with van der Waals surface area (Å²) < 4.78 is 0. The first kappa shape index (κ1) is 12.1. The summed E-state index contributed by atoms with van der Waals surface area (Å²) in [5.41, 5.74) is 0.947. The van der Waals surface area contributed by atoms with Crippen LogP contribution < -0.4 is 0 Å². The van der Waals surface area contributed by atoms with Crippen molar-refractivity contribution in [2.75, 3.05) is 0 Å². The van der Waals surface area contributed by atoms with Gasteiger partial charge in [0.2, 0.25) is 0 Å². The summed E-state index contributed by atoms with van der Waals surface area (Å²) in [5, 5.41) is 8.65. The summed E-state index contributed by atoms with van der Waals surface area (Å²) in [6.45, 7) is 3.51. The van der Waals surface area contributed by atoms with Crippen molar-refractivity contribution in [1.29, 1.82) is 0 Å². The second-order valence-corrected chi connectivity index (χ2v) is 2.10. The van der Waals surface area contributed by atoms with Crippen molar-refractivity contribution < 1.29 is 9.90 Å². The summed E-state index contributed by atoms with van der Waals surface area (Å²) in [6, 6.07) is 6.75. The van der Waals surface area contributed by atoms with Gasteiger partial charge in [-0.05, 0) is 11.6 Å². The van der Waals surface area contributed by atoms with Crippen LogP contribution in [0.15, 0.2) is 30.8 Å². The van der Waals surface area contributed by atoms with E-state index in [1.165, 1.54) is 6.08 Å². The van der Waals surface area contributed by atoms with Crippen LogP contribution in [0.2, 0.25) is 0 Å². The molecule has 1 rings (SSSR count). The van der Waals surface area contributed by atoms with Crippen LogP contribution >= 0.6 is 0 Å². The third-order valence-corrected chi connectivity index (χ3v) is 1.41. The fourth-order valence-corrected chi connectivity index (χ4v) is 0.870. The van der Waals surface area contributed by atoms with Crippen LogP contribution in [0.5, 0.6) is 0 Å². The normalized spacial score (nSPS) is 8.33. The molecule has 0 heterocycles. The van der Waals surface area contributed by atoms with Gasteiger partial charge in [-0.3, -0.25) is 0 Å². The van der Waals surface area contributed by atoms with Crippen molar-refractivity contribution in [3.63, 3.8) is 0 Å². The van der Waals surface area contributed by atoms with E-state index in [1.807, 2.05) is 0 Å². The molecule has 2 nitrogen and oxygen atoms in total. The molecule has 0 aliphatic heterocycles. The van der Waals surface area contributed by atoms with E-state index in [2.05, 4.69) is 6.58 Å². The molecule has 0 unspecified atom stereocenters. The maximum absolute atomic E-state index is 10.5. The zero-order valence-electron chi connectivity index (χ0n) is 5.95. The molecule has 3 heteroatoms. The Morgan fingerprint density at radius 1 is 1.42 bits per heavy atom. The average molecular weight is 188 g/mol. The number of carboxylic acid groups (broad SMARTS) is 1. The molecule has 0 aliphatic carbocycles. The molecular formula is C9H9KO2. The average Bonchev–Trinajstić information content (AvgIpc) is 2.04. The number of carbonyl (C=O) groups is 1. The number of aromatic carboxylic acids is 1. The third kappa shape index (κ3) is 2.84. The van der Waals surface area contributed by atoms with E-state index in [4.69, 9.17) is 5.11 Å². The number of hydrogen-bond donors (Lipinski definition) is 1. The summed E-state index contributed by atoms with van der Waals surface area (Å²) in [4.78, 5) is 10.5. The van der Waals surface area contributed by atoms with Crippen molar-refractivity contribution in [2.45, 2.75) is 0 Å². The first-order valence-corrected chi connectivity index (χ1v) is 3.20. The molecule has 58 valence electrons. The molecule has 0 spiro atoms. The Kier molecular flexibility index (Phi) is 5.70. The fourth-order valence-electron chi connectivity index (χ4n) is 0.870. The fraction of sp³-hybridized carbons (Fsp3) is 0. The van der Waals surface area contributed by atoms with Crippen molar-refractivity contribution in [2.24, 2.45) is 0 Å². The van der Waals surface area contributed by atoms with Gasteiger partial charge in [-0.25, -0.2) is 4.79 Å². The summed E-state index contributed by atoms with van der Waals surface area (Å²) in [5.74, 6) is -0.916. The minimum atomic E-state index is -0.916. The molecule has 0 fully saturated rings. The number of rotatable bonds is 2. The molecule has 1 aromatic carbocycles. The second kappa shape index (κ2) is 5.67. The van der Waals surface area contributed by atoms with Crippen molar-refractivity contribution in [3.8, 4) is 0 Å². The zero-order valence-corrected chi connectivity index (χ0v) is 5.95. The quantitative estimate of drug-likeness (QED) is 0.712. The Morgan fingerprint density at radius 2 is 2.00 bits per heavy atom. The van der Waals surface area contributed by atoms with Crippen molar-refractivity contribution >= 4 is 63.4 Å². The van der Waals surface area contributed by atoms with E-state index in [9.17, 15) is 4.79 Å². The van der Waals surface area contributed by atoms with Crippen LogP contribution in [0.3, 0.4) is 0 Å². The standard InChI is InChI=1S/C9H8O2.K.H/c1-2-7-5-3-4-6-8(7)9(10)11;;/h2-6H,1H2,(H,10,11);;. The van der Waals surface area contributed by atoms with Crippen LogP contribution in [-0.2, 0) is 0 Å². The monoisotopic (exact) mass is 188 g/mol. The number of hydrogen-bond acceptors (Lipinski definition) is 1. The summed E-state index contributed by atoms with van der Waals surface area (Å²) >= 11 is 0. The predicted octanol–water partition coefficient (Wildman–Crippen LogP) is 1.38. The maximum atomic E-state index is 10.5. The molecule has 0 atom stereocenters. The first-order chi connectivity index (χ1) is 5.25. The van der Waals surface area contributed by atoms with E-state index in [0.29, 0.717) is 11.1 Å². The van der Waals surface area contributed by atoms with Gasteiger partial charge in [-0.1, -0.05) is 30.9 Å². The van der Waals surface area contributed by atoms with E-state index in [-0.39, 0.29) is 51.4 Å². The molecule has 0 aromatic heterocycles. The topological polar surface area (TPSA) is 37.3 Å². The molecule has 0 aliphatic rings. The van der Waals surface area contributed by atoms with E-state index < -0.39 is 5.97 Å². The van der Waals surface area contributed by atoms with Gasteiger partial charge in [0.1, 0.15) is 0 Å². The van der Waals surface area contributed by atoms with E-state index in [0.717, 1.165) is 0 Å². The molecule has 0 saturated carbocycles. The molecule has 0 amide bonds. The SMILES string of the molecule is C=Cc1ccccc1C(=O)O.[KH]. The van der Waals surface area contributed by atoms with Crippen LogP contribution in [0.25, 0.3) is 6.08 Å². The van der Waals surface area contributed by atoms with Crippen LogP contribution in [-0.4, -0.2) is 62.5 Å². The van der Waals surface area contributed by atoms with Gasteiger partial charge in [0.25, 0.3) is 0 Å². The van der Waals surface area contributed by atoms with Gasteiger partial charge in [0, 0.05) is 0 Å². The Bertz CT molecular complexity index is 294. The Labute approximate surface area is 114 Å². The van der Waals surface area contributed by atoms with E-state index in [1.54, 1.807) is 24.3 Å². The second-order valence-electron chi connectivity index (χ2n) is 2.10. The van der Waals surface area contributed by atoms with Crippen molar-refractivity contribution in [3.05, 3.63) is 42.0 Å². The molecule has 0 bridgehead atoms. The Morgan fingerprint density at radius 3 is 2.42 bits per heavy atom. The van der Waals surface area contributed by atoms with Crippen molar-refractivity contribution in [1.82, 2.24) is 0 Å². The van der Waals surface area contributed by atoms with Gasteiger partial charge in [-0.2, -0.15) is 0 Å². The molecular weight excluding hydrogens is 179 g/mol. The van der Waals surface area contributed by atoms with Gasteiger partial charge >= 0.3 is 57.4 Å². The zero-order chi connectivity index (χ0) is 8.27. The molecule has 12 heavy (non-hydrogen) atoms. The van der Waals surface area contributed by atoms with Crippen LogP contribution in [0.4, 0.5) is 0 Å². The predicted molar refractivity (Wildman–Crippen MR) is 50.6 cm³/mol. The van der Waals surface area contributed by atoms with Crippen LogP contribution in [0.1, 0.15) is 15.9 Å². The van der Waals surface area contributed by atoms with Gasteiger partial charge in [0.05, 0.1) is 5.56 Å². The van der Waals surface area contributed by atoms with Gasteiger partial charge in [-0.15, -0.1) is 0 Å². The summed E-state index contributed by atoms with van der Waals surface area (Å²) in [7, 11) is 0. The Balaban J connectivity index is 0.00000121. The molecule has 1 N–H and O–H groups in total. The third-order valence-electron chi connectivity index (χ3n) is 1.41. The van der Waals surface area contributed by atoms with Gasteiger partial charge < -0.3 is 5.11 Å². The molecule has 0 saturated heterocycles. The van der Waals surface area contributed by atoms with Gasteiger partial charge in [0.15, 0.2) is 0 Å². The number of benzene rings is 1. The first-order valence-electron chi connectivity index (χ1n) is 3.20.